The molecule has 0 bridgehead atoms. The van der Waals surface area contributed by atoms with E-state index in [1.54, 1.807) is 12.1 Å². The van der Waals surface area contributed by atoms with Crippen LogP contribution in [0.5, 0.6) is 0 Å². The second-order valence-electron chi connectivity index (χ2n) is 4.34. The van der Waals surface area contributed by atoms with Crippen LogP contribution in [0.2, 0.25) is 0 Å². The second-order valence-corrected chi connectivity index (χ2v) is 5.26. The van der Waals surface area contributed by atoms with Gasteiger partial charge in [0, 0.05) is 10.2 Å². The van der Waals surface area contributed by atoms with Crippen LogP contribution in [0.4, 0.5) is 5.69 Å². The molecule has 0 amide bonds. The molecule has 3 nitrogen and oxygen atoms in total. The van der Waals surface area contributed by atoms with E-state index in [1.807, 2.05) is 43.3 Å². The predicted octanol–water partition coefficient (Wildman–Crippen LogP) is 4.00. The lowest BCUT2D eigenvalue weighted by Crippen LogP contribution is -2.20. The zero-order valence-electron chi connectivity index (χ0n) is 10.4. The van der Waals surface area contributed by atoms with Gasteiger partial charge in [-0.15, -0.1) is 0 Å². The molecule has 0 radical (unpaired) electrons. The molecule has 0 saturated carbocycles. The highest BCUT2D eigenvalue weighted by molar-refractivity contribution is 9.10. The van der Waals surface area contributed by atoms with E-state index in [0.29, 0.717) is 0 Å². The molecule has 0 aliphatic carbocycles. The van der Waals surface area contributed by atoms with Gasteiger partial charge in [0.25, 0.3) is 0 Å². The molecule has 2 N–H and O–H groups in total. The van der Waals surface area contributed by atoms with Crippen molar-refractivity contribution in [2.24, 2.45) is 0 Å². The maximum atomic E-state index is 11.4. The van der Waals surface area contributed by atoms with E-state index in [-0.39, 0.29) is 0 Å². The first-order valence-corrected chi connectivity index (χ1v) is 6.67. The monoisotopic (exact) mass is 319 g/mol. The summed E-state index contributed by atoms with van der Waals surface area (Å²) in [6, 6.07) is 14.1. The molecule has 0 aliphatic heterocycles. The van der Waals surface area contributed by atoms with Crippen molar-refractivity contribution >= 4 is 27.6 Å². The Hall–Kier alpha value is -1.81. The van der Waals surface area contributed by atoms with Crippen molar-refractivity contribution in [3.8, 4) is 0 Å². The number of aliphatic carboxylic acids is 1. The Bertz CT molecular complexity index is 564. The largest absolute Gasteiger partial charge is 0.479 e. The smallest absolute Gasteiger partial charge is 0.330 e. The summed E-state index contributed by atoms with van der Waals surface area (Å²) in [4.78, 5) is 11.4. The van der Waals surface area contributed by atoms with Gasteiger partial charge < -0.3 is 10.4 Å². The molecule has 0 aromatic heterocycles. The van der Waals surface area contributed by atoms with Gasteiger partial charge in [0.15, 0.2) is 6.04 Å². The number of carboxylic acid groups (broad SMARTS) is 1. The van der Waals surface area contributed by atoms with E-state index in [9.17, 15) is 9.90 Å². The fourth-order valence-corrected chi connectivity index (χ4v) is 2.53. The van der Waals surface area contributed by atoms with Crippen LogP contribution in [0.3, 0.4) is 0 Å². The zero-order chi connectivity index (χ0) is 13.8. The molecule has 0 aliphatic rings. The molecule has 4 heteroatoms. The quantitative estimate of drug-likeness (QED) is 0.895. The average Bonchev–Trinajstić information content (AvgIpc) is 2.35. The third kappa shape index (κ3) is 3.58. The van der Waals surface area contributed by atoms with Gasteiger partial charge >= 0.3 is 5.97 Å². The third-order valence-electron chi connectivity index (χ3n) is 2.73. The highest BCUT2D eigenvalue weighted by Crippen LogP contribution is 2.24. The van der Waals surface area contributed by atoms with E-state index in [2.05, 4.69) is 21.2 Å². The van der Waals surface area contributed by atoms with Gasteiger partial charge in [0.1, 0.15) is 0 Å². The fraction of sp³-hybridized carbons (Fsp3) is 0.133. The molecular formula is C15H14BrNO2. The Morgan fingerprint density at radius 1 is 1.21 bits per heavy atom. The number of anilines is 1. The van der Waals surface area contributed by atoms with Crippen molar-refractivity contribution < 1.29 is 9.90 Å². The second kappa shape index (κ2) is 5.89. The van der Waals surface area contributed by atoms with Crippen molar-refractivity contribution in [1.29, 1.82) is 0 Å². The highest BCUT2D eigenvalue weighted by atomic mass is 79.9. The number of aryl methyl sites for hydroxylation is 1. The Morgan fingerprint density at radius 3 is 2.47 bits per heavy atom. The van der Waals surface area contributed by atoms with Crippen molar-refractivity contribution in [2.75, 3.05) is 5.32 Å². The lowest BCUT2D eigenvalue weighted by Gasteiger charge is -2.16. The minimum Gasteiger partial charge on any atom is -0.479 e. The van der Waals surface area contributed by atoms with Crippen LogP contribution < -0.4 is 5.32 Å². The number of nitrogens with one attached hydrogen (secondary N) is 1. The van der Waals surface area contributed by atoms with Crippen LogP contribution in [-0.4, -0.2) is 11.1 Å². The van der Waals surface area contributed by atoms with Crippen LogP contribution >= 0.6 is 15.9 Å². The van der Waals surface area contributed by atoms with E-state index >= 15 is 0 Å². The topological polar surface area (TPSA) is 49.3 Å². The van der Waals surface area contributed by atoms with Gasteiger partial charge in [-0.25, -0.2) is 4.79 Å². The summed E-state index contributed by atoms with van der Waals surface area (Å²) in [7, 11) is 0. The summed E-state index contributed by atoms with van der Waals surface area (Å²) < 4.78 is 0.923. The highest BCUT2D eigenvalue weighted by Gasteiger charge is 2.19. The minimum atomic E-state index is -0.899. The SMILES string of the molecule is Cc1cc(Br)cc(NC(C(=O)O)c2ccccc2)c1. The van der Waals surface area contributed by atoms with Crippen LogP contribution in [0.15, 0.2) is 53.0 Å². The van der Waals surface area contributed by atoms with Gasteiger partial charge in [0.2, 0.25) is 0 Å². The molecule has 0 heterocycles. The molecule has 0 saturated heterocycles. The van der Waals surface area contributed by atoms with E-state index < -0.39 is 12.0 Å². The summed E-state index contributed by atoms with van der Waals surface area (Å²) in [6.45, 7) is 1.97. The number of benzene rings is 2. The van der Waals surface area contributed by atoms with Crippen molar-refractivity contribution in [2.45, 2.75) is 13.0 Å². The summed E-state index contributed by atoms with van der Waals surface area (Å²) in [5.41, 5.74) is 2.57. The summed E-state index contributed by atoms with van der Waals surface area (Å²) >= 11 is 3.41. The third-order valence-corrected chi connectivity index (χ3v) is 3.19. The fourth-order valence-electron chi connectivity index (χ4n) is 1.92. The summed E-state index contributed by atoms with van der Waals surface area (Å²) in [5.74, 6) is -0.899. The Balaban J connectivity index is 2.29. The Labute approximate surface area is 120 Å². The molecule has 2 rings (SSSR count). The molecule has 98 valence electrons. The van der Waals surface area contributed by atoms with Crippen LogP contribution in [0.1, 0.15) is 17.2 Å². The van der Waals surface area contributed by atoms with E-state index in [1.165, 1.54) is 0 Å². The van der Waals surface area contributed by atoms with Gasteiger partial charge in [-0.3, -0.25) is 0 Å². The molecule has 1 atom stereocenters. The summed E-state index contributed by atoms with van der Waals surface area (Å²) in [5, 5.41) is 12.4. The van der Waals surface area contributed by atoms with Gasteiger partial charge in [0.05, 0.1) is 0 Å². The molecule has 19 heavy (non-hydrogen) atoms. The number of hydrogen-bond acceptors (Lipinski definition) is 2. The lowest BCUT2D eigenvalue weighted by atomic mass is 10.1. The van der Waals surface area contributed by atoms with Crippen molar-refractivity contribution in [3.63, 3.8) is 0 Å². The number of halogens is 1. The average molecular weight is 320 g/mol. The first kappa shape index (κ1) is 13.6. The Kier molecular flexibility index (Phi) is 4.22. The summed E-state index contributed by atoms with van der Waals surface area (Å²) in [6.07, 6.45) is 0. The van der Waals surface area contributed by atoms with Crippen molar-refractivity contribution in [1.82, 2.24) is 0 Å². The molecular weight excluding hydrogens is 306 g/mol. The maximum Gasteiger partial charge on any atom is 0.330 e. The van der Waals surface area contributed by atoms with E-state index in [0.717, 1.165) is 21.3 Å². The number of carbonyl (C=O) groups is 1. The van der Waals surface area contributed by atoms with Crippen LogP contribution in [-0.2, 0) is 4.79 Å². The van der Waals surface area contributed by atoms with Gasteiger partial charge in [-0.2, -0.15) is 0 Å². The normalized spacial score (nSPS) is 11.9. The predicted molar refractivity (Wildman–Crippen MR) is 79.3 cm³/mol. The van der Waals surface area contributed by atoms with Crippen molar-refractivity contribution in [3.05, 3.63) is 64.1 Å². The van der Waals surface area contributed by atoms with Gasteiger partial charge in [-0.05, 0) is 36.2 Å². The minimum absolute atomic E-state index is 0.729. The van der Waals surface area contributed by atoms with Crippen LogP contribution in [0.25, 0.3) is 0 Å². The zero-order valence-corrected chi connectivity index (χ0v) is 12.0. The Morgan fingerprint density at radius 2 is 1.89 bits per heavy atom. The van der Waals surface area contributed by atoms with E-state index in [4.69, 9.17) is 0 Å². The standard InChI is InChI=1S/C15H14BrNO2/c1-10-7-12(16)9-13(8-10)17-14(15(18)19)11-5-3-2-4-6-11/h2-9,14,17H,1H3,(H,18,19). The molecule has 0 spiro atoms. The molecule has 2 aromatic carbocycles. The molecule has 2 aromatic rings. The first-order valence-electron chi connectivity index (χ1n) is 5.88. The first-order chi connectivity index (χ1) is 9.06. The van der Waals surface area contributed by atoms with Crippen LogP contribution in [0, 0.1) is 6.92 Å². The molecule has 0 fully saturated rings. The maximum absolute atomic E-state index is 11.4. The molecule has 1 unspecified atom stereocenters. The lowest BCUT2D eigenvalue weighted by molar-refractivity contribution is -0.138. The number of hydrogen-bond donors (Lipinski definition) is 2. The number of carboxylic acids is 1. The van der Waals surface area contributed by atoms with Gasteiger partial charge in [-0.1, -0.05) is 46.3 Å². The number of rotatable bonds is 4.